The number of ether oxygens (including phenoxy) is 1. The molecule has 22 heavy (non-hydrogen) atoms. The molecule has 1 aromatic rings. The van der Waals surface area contributed by atoms with E-state index in [1.54, 1.807) is 13.8 Å². The fourth-order valence-electron chi connectivity index (χ4n) is 1.96. The molecule has 0 bridgehead atoms. The molecule has 1 unspecified atom stereocenters. The van der Waals surface area contributed by atoms with Crippen LogP contribution in [0.4, 0.5) is 0 Å². The summed E-state index contributed by atoms with van der Waals surface area (Å²) in [4.78, 5) is 25.6. The van der Waals surface area contributed by atoms with Crippen LogP contribution in [-0.2, 0) is 25.6 Å². The molecule has 0 aliphatic carbocycles. The molecule has 1 rings (SSSR count). The van der Waals surface area contributed by atoms with Gasteiger partial charge in [0, 0.05) is 0 Å². The van der Waals surface area contributed by atoms with Crippen LogP contribution >= 0.6 is 0 Å². The van der Waals surface area contributed by atoms with E-state index in [0.717, 1.165) is 5.56 Å². The van der Waals surface area contributed by atoms with E-state index in [1.807, 2.05) is 30.3 Å². The minimum absolute atomic E-state index is 0.0888. The predicted octanol–water partition coefficient (Wildman–Crippen LogP) is 0.564. The van der Waals surface area contributed by atoms with Crippen LogP contribution in [0.2, 0.25) is 0 Å². The molecule has 0 radical (unpaired) electrons. The van der Waals surface area contributed by atoms with E-state index in [9.17, 15) is 14.3 Å². The zero-order valence-electron chi connectivity index (χ0n) is 13.0. The van der Waals surface area contributed by atoms with Gasteiger partial charge in [0.1, 0.15) is 0 Å². The monoisotopic (exact) mass is 304 g/mol. The molecule has 1 atom stereocenters. The van der Waals surface area contributed by atoms with Crippen molar-refractivity contribution in [3.8, 4) is 0 Å². The second kappa shape index (κ2) is 9.84. The summed E-state index contributed by atoms with van der Waals surface area (Å²) < 4.78 is 15.3. The molecule has 0 saturated heterocycles. The molecular weight excluding hydrogens is 283 g/mol. The Kier molecular flexibility index (Phi) is 8.06. The standard InChI is InChI=1S/C15H21BN2O4/c1-3-22-14(19)10-18(9-13-7-5-4-6-8-13)15(20)12(2)17-11-16-21/h4-8,12,17H,3,9-11H2,1-2H3. The quantitative estimate of drug-likeness (QED) is 0.533. The second-order valence-corrected chi connectivity index (χ2v) is 4.78. The maximum atomic E-state index is 12.4. The van der Waals surface area contributed by atoms with Gasteiger partial charge >= 0.3 is 130 Å². The molecule has 118 valence electrons. The second-order valence-electron chi connectivity index (χ2n) is 4.78. The number of esters is 1. The number of hydrogen-bond donors (Lipinski definition) is 1. The Hall–Kier alpha value is -2.02. The average Bonchev–Trinajstić information content (AvgIpc) is 2.52. The van der Waals surface area contributed by atoms with E-state index in [4.69, 9.17) is 4.74 Å². The van der Waals surface area contributed by atoms with Gasteiger partial charge in [-0.25, -0.2) is 0 Å². The summed E-state index contributed by atoms with van der Waals surface area (Å²) in [6.07, 6.45) is 0.0888. The van der Waals surface area contributed by atoms with Gasteiger partial charge in [0.25, 0.3) is 0 Å². The zero-order valence-corrected chi connectivity index (χ0v) is 13.0. The number of benzene rings is 1. The summed E-state index contributed by atoms with van der Waals surface area (Å²) in [6.45, 7) is 3.84. The van der Waals surface area contributed by atoms with Gasteiger partial charge in [0.2, 0.25) is 0 Å². The van der Waals surface area contributed by atoms with E-state index in [2.05, 4.69) is 5.32 Å². The summed E-state index contributed by atoms with van der Waals surface area (Å²) in [5.74, 6) is -0.701. The summed E-state index contributed by atoms with van der Waals surface area (Å²) in [5, 5.41) is 2.79. The van der Waals surface area contributed by atoms with Crippen molar-refractivity contribution in [1.82, 2.24) is 10.2 Å². The van der Waals surface area contributed by atoms with Crippen LogP contribution in [0.5, 0.6) is 0 Å². The van der Waals surface area contributed by atoms with Gasteiger partial charge in [-0.05, 0) is 0 Å². The molecule has 0 spiro atoms. The first-order valence-electron chi connectivity index (χ1n) is 7.23. The van der Waals surface area contributed by atoms with Gasteiger partial charge in [-0.1, -0.05) is 0 Å². The van der Waals surface area contributed by atoms with Gasteiger partial charge < -0.3 is 0 Å². The number of carbonyl (C=O) groups excluding carboxylic acids is 2. The first-order chi connectivity index (χ1) is 10.6. The Bertz CT molecular complexity index is 496. The zero-order chi connectivity index (χ0) is 16.4. The molecule has 7 heteroatoms. The van der Waals surface area contributed by atoms with Crippen molar-refractivity contribution in [3.63, 3.8) is 0 Å². The van der Waals surface area contributed by atoms with E-state index < -0.39 is 12.0 Å². The van der Waals surface area contributed by atoms with Crippen LogP contribution in [0.15, 0.2) is 30.3 Å². The van der Waals surface area contributed by atoms with Crippen LogP contribution in [0, 0.1) is 0 Å². The number of hydrogen-bond acceptors (Lipinski definition) is 5. The third kappa shape index (κ3) is 6.18. The maximum absolute atomic E-state index is 12.4. The molecule has 0 fully saturated rings. The van der Waals surface area contributed by atoms with Gasteiger partial charge in [-0.2, -0.15) is 0 Å². The molecular formula is C15H21BN2O4. The number of nitrogens with one attached hydrogen (secondary N) is 1. The molecule has 0 saturated carbocycles. The third-order valence-electron chi connectivity index (χ3n) is 3.03. The minimum atomic E-state index is -0.552. The Morgan fingerprint density at radius 3 is 2.59 bits per heavy atom. The van der Waals surface area contributed by atoms with Crippen molar-refractivity contribution < 1.29 is 19.0 Å². The van der Waals surface area contributed by atoms with Gasteiger partial charge in [-0.15, -0.1) is 0 Å². The first kappa shape index (κ1) is 18.0. The Morgan fingerprint density at radius 1 is 1.32 bits per heavy atom. The average molecular weight is 304 g/mol. The van der Waals surface area contributed by atoms with Crippen molar-refractivity contribution in [3.05, 3.63) is 35.9 Å². The van der Waals surface area contributed by atoms with Gasteiger partial charge in [0.05, 0.1) is 0 Å². The first-order valence-corrected chi connectivity index (χ1v) is 7.23. The van der Waals surface area contributed by atoms with E-state index in [-0.39, 0.29) is 25.5 Å². The topological polar surface area (TPSA) is 75.7 Å². The number of carbonyl (C=O) groups is 2. The molecule has 1 amide bonds. The fourth-order valence-corrected chi connectivity index (χ4v) is 1.96. The van der Waals surface area contributed by atoms with Crippen LogP contribution in [0.25, 0.3) is 0 Å². The van der Waals surface area contributed by atoms with Gasteiger partial charge in [-0.3, -0.25) is 0 Å². The molecule has 0 aliphatic heterocycles. The predicted molar refractivity (Wildman–Crippen MR) is 82.4 cm³/mol. The summed E-state index contributed by atoms with van der Waals surface area (Å²) in [5.41, 5.74) is 0.919. The Morgan fingerprint density at radius 2 is 2.00 bits per heavy atom. The molecule has 6 nitrogen and oxygen atoms in total. The number of amides is 1. The van der Waals surface area contributed by atoms with Crippen LogP contribution < -0.4 is 5.32 Å². The summed E-state index contributed by atoms with van der Waals surface area (Å²) in [7, 11) is 0.691. The SMILES string of the molecule is CCOC(=O)CN(Cc1ccccc1)C(=O)C(C)NCB=O. The number of nitrogens with zero attached hydrogens (tertiary/aromatic N) is 1. The van der Waals surface area contributed by atoms with Gasteiger partial charge in [0.15, 0.2) is 0 Å². The van der Waals surface area contributed by atoms with Crippen LogP contribution in [-0.4, -0.2) is 49.6 Å². The molecule has 0 aromatic heterocycles. The van der Waals surface area contributed by atoms with Crippen LogP contribution in [0.3, 0.4) is 0 Å². The number of rotatable bonds is 9. The van der Waals surface area contributed by atoms with Crippen LogP contribution in [0.1, 0.15) is 19.4 Å². The Labute approximate surface area is 131 Å². The Balaban J connectivity index is 2.78. The molecule has 1 aromatic carbocycles. The summed E-state index contributed by atoms with van der Waals surface area (Å²) >= 11 is 0. The normalized spacial score (nSPS) is 11.4. The van der Waals surface area contributed by atoms with Crippen molar-refractivity contribution in [1.29, 1.82) is 0 Å². The van der Waals surface area contributed by atoms with E-state index in [0.29, 0.717) is 13.7 Å². The van der Waals surface area contributed by atoms with Crippen molar-refractivity contribution >= 4 is 19.0 Å². The molecule has 1 N–H and O–H groups in total. The van der Waals surface area contributed by atoms with E-state index >= 15 is 0 Å². The van der Waals surface area contributed by atoms with Crippen molar-refractivity contribution in [2.24, 2.45) is 0 Å². The third-order valence-corrected chi connectivity index (χ3v) is 3.03. The molecule has 0 aliphatic rings. The summed E-state index contributed by atoms with van der Waals surface area (Å²) in [6, 6.07) is 8.84. The van der Waals surface area contributed by atoms with Crippen molar-refractivity contribution in [2.45, 2.75) is 26.4 Å². The fraction of sp³-hybridized carbons (Fsp3) is 0.467. The van der Waals surface area contributed by atoms with Crippen molar-refractivity contribution in [2.75, 3.05) is 19.6 Å². The van der Waals surface area contributed by atoms with E-state index in [1.165, 1.54) is 4.90 Å². The molecule has 0 heterocycles.